The van der Waals surface area contributed by atoms with Crippen molar-refractivity contribution in [1.82, 2.24) is 16.0 Å². The molecule has 3 amide bonds. The second-order valence-electron chi connectivity index (χ2n) is 11.3. The zero-order valence-corrected chi connectivity index (χ0v) is 25.5. The van der Waals surface area contributed by atoms with Gasteiger partial charge in [0, 0.05) is 10.5 Å². The first-order valence-electron chi connectivity index (χ1n) is 13.6. The molecule has 1 aromatic carbocycles. The van der Waals surface area contributed by atoms with Crippen LogP contribution in [0, 0.1) is 27.9 Å². The van der Waals surface area contributed by atoms with Crippen molar-refractivity contribution < 1.29 is 32.5 Å². The maximum Gasteiger partial charge on any atom is 0.314 e. The van der Waals surface area contributed by atoms with Crippen molar-refractivity contribution in [2.45, 2.75) is 91.9 Å². The van der Waals surface area contributed by atoms with Crippen LogP contribution in [0.25, 0.3) is 0 Å². The number of hydrogen-bond acceptors (Lipinski definition) is 8. The van der Waals surface area contributed by atoms with Gasteiger partial charge >= 0.3 is 6.04 Å². The number of benzene rings is 1. The van der Waals surface area contributed by atoms with Gasteiger partial charge in [0.15, 0.2) is 5.78 Å². The minimum absolute atomic E-state index is 0.0555. The van der Waals surface area contributed by atoms with Crippen molar-refractivity contribution in [2.24, 2.45) is 17.8 Å². The summed E-state index contributed by atoms with van der Waals surface area (Å²) in [5.41, 5.74) is 0.155. The van der Waals surface area contributed by atoms with E-state index in [0.717, 1.165) is 6.92 Å². The predicted molar refractivity (Wildman–Crippen MR) is 155 cm³/mol. The second kappa shape index (κ2) is 16.6. The molecule has 0 radical (unpaired) electrons. The van der Waals surface area contributed by atoms with Crippen LogP contribution in [0.3, 0.4) is 0 Å². The number of nitrogens with one attached hydrogen (secondary N) is 3. The van der Waals surface area contributed by atoms with Crippen molar-refractivity contribution in [3.05, 3.63) is 46.0 Å². The fourth-order valence-electron chi connectivity index (χ4n) is 4.24. The molecule has 0 aliphatic rings. The maximum atomic E-state index is 13.4. The number of rotatable bonds is 16. The first-order chi connectivity index (χ1) is 19.0. The van der Waals surface area contributed by atoms with E-state index < -0.39 is 67.8 Å². The van der Waals surface area contributed by atoms with Crippen LogP contribution < -0.4 is 16.0 Å². The molecule has 0 spiro atoms. The molecule has 4 atom stereocenters. The highest BCUT2D eigenvalue weighted by molar-refractivity contribution is 7.74. The molecule has 41 heavy (non-hydrogen) atoms. The molecule has 0 saturated heterocycles. The number of nitro groups is 1. The zero-order chi connectivity index (χ0) is 31.4. The number of hydrogen-bond donors (Lipinski definition) is 3. The van der Waals surface area contributed by atoms with Crippen molar-refractivity contribution >= 4 is 38.7 Å². The number of nitrogens with zero attached hydrogens (tertiary/aromatic N) is 1. The van der Waals surface area contributed by atoms with E-state index in [1.54, 1.807) is 18.2 Å². The molecule has 0 heterocycles. The van der Waals surface area contributed by atoms with Crippen LogP contribution in [0.1, 0.15) is 79.3 Å². The molecule has 1 unspecified atom stereocenters. The summed E-state index contributed by atoms with van der Waals surface area (Å²) in [5.74, 6) is -3.31. The standard InChI is InChI=1S/C28H42N4O8S/c1-16(2)13-21(25(33)19(7)41(39)40)29-26(34)22(14-17(3)4)30-27(35)23(15-18(5)6)31-28(36)24(32(37)38)20-11-9-8-10-12-20/h8-12,16-18,21-24H,13-15H2,1-7H3,(H,29,34)(H,30,35)(H,31,36)/t21-,22-,23-,24?/m0/s1. The van der Waals surface area contributed by atoms with Gasteiger partial charge in [-0.15, -0.1) is 0 Å². The van der Waals surface area contributed by atoms with Gasteiger partial charge in [0.1, 0.15) is 16.9 Å². The highest BCUT2D eigenvalue weighted by atomic mass is 32.2. The predicted octanol–water partition coefficient (Wildman–Crippen LogP) is 2.24. The quantitative estimate of drug-likeness (QED) is 0.148. The molecule has 0 aliphatic carbocycles. The van der Waals surface area contributed by atoms with Crippen LogP contribution in [0.4, 0.5) is 0 Å². The summed E-state index contributed by atoms with van der Waals surface area (Å²) in [7, 11) is -2.75. The van der Waals surface area contributed by atoms with E-state index in [1.165, 1.54) is 12.1 Å². The molecule has 0 aliphatic heterocycles. The summed E-state index contributed by atoms with van der Waals surface area (Å²) < 4.78 is 22.7. The van der Waals surface area contributed by atoms with E-state index in [1.807, 2.05) is 41.5 Å². The Balaban J connectivity index is 3.25. The first-order valence-corrected chi connectivity index (χ1v) is 14.7. The van der Waals surface area contributed by atoms with Gasteiger partial charge in [0.25, 0.3) is 5.91 Å². The highest BCUT2D eigenvalue weighted by Crippen LogP contribution is 2.18. The van der Waals surface area contributed by atoms with E-state index in [4.69, 9.17) is 0 Å². The van der Waals surface area contributed by atoms with E-state index in [0.29, 0.717) is 0 Å². The minimum Gasteiger partial charge on any atom is -0.344 e. The van der Waals surface area contributed by atoms with Gasteiger partial charge in [-0.3, -0.25) is 29.3 Å². The van der Waals surface area contributed by atoms with Crippen molar-refractivity contribution in [2.75, 3.05) is 0 Å². The largest absolute Gasteiger partial charge is 0.344 e. The van der Waals surface area contributed by atoms with Gasteiger partial charge in [-0.1, -0.05) is 71.9 Å². The SMILES string of the molecule is CC(C(=O)[C@H](CC(C)C)NC(=O)[C@H](CC(C)C)NC(=O)[C@H](CC(C)C)NC(=O)C(c1ccccc1)[N+](=O)[O-])=S(=O)=O. The normalized spacial score (nSPS) is 14.1. The molecular weight excluding hydrogens is 552 g/mol. The lowest BCUT2D eigenvalue weighted by atomic mass is 9.96. The van der Waals surface area contributed by atoms with Gasteiger partial charge in [0.05, 0.1) is 6.04 Å². The fourth-order valence-corrected chi connectivity index (χ4v) is 4.54. The van der Waals surface area contributed by atoms with Gasteiger partial charge in [0.2, 0.25) is 22.1 Å². The summed E-state index contributed by atoms with van der Waals surface area (Å²) in [6.45, 7) is 12.1. The smallest absolute Gasteiger partial charge is 0.314 e. The average molecular weight is 595 g/mol. The van der Waals surface area contributed by atoms with Crippen molar-refractivity contribution in [3.63, 3.8) is 0 Å². The highest BCUT2D eigenvalue weighted by Gasteiger charge is 2.36. The Bertz CT molecular complexity index is 1220. The summed E-state index contributed by atoms with van der Waals surface area (Å²) in [4.78, 5) is 63.1. The van der Waals surface area contributed by atoms with Crippen LogP contribution >= 0.6 is 0 Å². The summed E-state index contributed by atoms with van der Waals surface area (Å²) in [5, 5.41) is 19.5. The molecular formula is C28H42N4O8S. The van der Waals surface area contributed by atoms with E-state index >= 15 is 0 Å². The average Bonchev–Trinajstić information content (AvgIpc) is 2.86. The third-order valence-electron chi connectivity index (χ3n) is 6.19. The second-order valence-corrected chi connectivity index (χ2v) is 12.4. The number of carbonyl (C=O) groups excluding carboxylic acids is 4. The Labute approximate surface area is 242 Å². The summed E-state index contributed by atoms with van der Waals surface area (Å²) in [6, 6.07) is 2.54. The molecule has 1 rings (SSSR count). The Hall–Kier alpha value is -3.61. The molecule has 228 valence electrons. The lowest BCUT2D eigenvalue weighted by Gasteiger charge is -2.27. The molecule has 0 fully saturated rings. The lowest BCUT2D eigenvalue weighted by molar-refractivity contribution is -0.513. The minimum atomic E-state index is -2.75. The van der Waals surface area contributed by atoms with E-state index in [2.05, 4.69) is 16.0 Å². The molecule has 12 nitrogen and oxygen atoms in total. The Morgan fingerprint density at radius 1 is 0.732 bits per heavy atom. The molecule has 1 aromatic rings. The van der Waals surface area contributed by atoms with Gasteiger partial charge in [-0.25, -0.2) is 0 Å². The zero-order valence-electron chi connectivity index (χ0n) is 24.7. The van der Waals surface area contributed by atoms with Crippen LogP contribution in [0.2, 0.25) is 0 Å². The van der Waals surface area contributed by atoms with Gasteiger partial charge < -0.3 is 16.0 Å². The van der Waals surface area contributed by atoms with Crippen LogP contribution in [-0.4, -0.2) is 59.8 Å². The third-order valence-corrected chi connectivity index (χ3v) is 6.89. The number of ketones is 1. The van der Waals surface area contributed by atoms with Crippen molar-refractivity contribution in [3.8, 4) is 0 Å². The van der Waals surface area contributed by atoms with Gasteiger partial charge in [-0.2, -0.15) is 8.42 Å². The monoisotopic (exact) mass is 594 g/mol. The summed E-state index contributed by atoms with van der Waals surface area (Å²) in [6.07, 6.45) is 0.500. The van der Waals surface area contributed by atoms with Crippen molar-refractivity contribution in [1.29, 1.82) is 0 Å². The molecule has 0 bridgehead atoms. The van der Waals surface area contributed by atoms with Gasteiger partial charge in [-0.05, 0) is 43.9 Å². The molecule has 0 aromatic heterocycles. The topological polar surface area (TPSA) is 182 Å². The Morgan fingerprint density at radius 3 is 1.51 bits per heavy atom. The lowest BCUT2D eigenvalue weighted by Crippen LogP contribution is -2.57. The van der Waals surface area contributed by atoms with E-state index in [-0.39, 0.29) is 42.6 Å². The fraction of sp³-hybridized carbons (Fsp3) is 0.607. The van der Waals surface area contributed by atoms with E-state index in [9.17, 15) is 37.7 Å². The Morgan fingerprint density at radius 2 is 1.12 bits per heavy atom. The molecule has 0 saturated carbocycles. The number of carbonyl (C=O) groups is 4. The van der Waals surface area contributed by atoms with Crippen LogP contribution in [0.15, 0.2) is 30.3 Å². The van der Waals surface area contributed by atoms with Crippen LogP contribution in [0.5, 0.6) is 0 Å². The molecule has 3 N–H and O–H groups in total. The summed E-state index contributed by atoms with van der Waals surface area (Å²) >= 11 is 0. The number of amides is 3. The number of Topliss-reactive ketones (excluding diaryl/α,β-unsaturated/α-hetero) is 1. The third kappa shape index (κ3) is 11.8. The van der Waals surface area contributed by atoms with Crippen LogP contribution in [-0.2, 0) is 29.5 Å². The Kier molecular flexibility index (Phi) is 14.3. The first kappa shape index (κ1) is 35.4. The molecule has 13 heteroatoms. The maximum absolute atomic E-state index is 13.4.